The monoisotopic (exact) mass is 350 g/mol. The highest BCUT2D eigenvalue weighted by atomic mass is 127. The summed E-state index contributed by atoms with van der Waals surface area (Å²) >= 11 is 2.34. The van der Waals surface area contributed by atoms with E-state index in [4.69, 9.17) is 5.73 Å². The van der Waals surface area contributed by atoms with Gasteiger partial charge in [0, 0.05) is 28.9 Å². The number of fused-ring (bicyclic) bond motifs is 1. The van der Waals surface area contributed by atoms with E-state index >= 15 is 0 Å². The Labute approximate surface area is 121 Å². The fourth-order valence-electron chi connectivity index (χ4n) is 2.48. The van der Waals surface area contributed by atoms with Gasteiger partial charge in [0.05, 0.1) is 0 Å². The van der Waals surface area contributed by atoms with Crippen LogP contribution in [0.15, 0.2) is 42.5 Å². The Balaban J connectivity index is 1.75. The summed E-state index contributed by atoms with van der Waals surface area (Å²) < 4.78 is 1.28. The quantitative estimate of drug-likeness (QED) is 0.665. The van der Waals surface area contributed by atoms with Gasteiger partial charge in [-0.25, -0.2) is 0 Å². The van der Waals surface area contributed by atoms with E-state index in [1.54, 1.807) is 0 Å². The Morgan fingerprint density at radius 1 is 1.06 bits per heavy atom. The van der Waals surface area contributed by atoms with Crippen LogP contribution in [-0.2, 0) is 19.6 Å². The summed E-state index contributed by atoms with van der Waals surface area (Å²) in [5, 5.41) is 0. The van der Waals surface area contributed by atoms with Crippen LogP contribution in [0.2, 0.25) is 0 Å². The van der Waals surface area contributed by atoms with Crippen molar-refractivity contribution in [2.24, 2.45) is 0 Å². The second kappa shape index (κ2) is 4.90. The molecule has 18 heavy (non-hydrogen) atoms. The second-order valence-electron chi connectivity index (χ2n) is 4.76. The maximum Gasteiger partial charge on any atom is 0.0363 e. The molecule has 0 amide bonds. The molecule has 0 spiro atoms. The van der Waals surface area contributed by atoms with Crippen LogP contribution in [0.1, 0.15) is 16.7 Å². The lowest BCUT2D eigenvalue weighted by atomic mass is 10.1. The Morgan fingerprint density at radius 2 is 1.83 bits per heavy atom. The molecule has 0 aromatic heterocycles. The predicted molar refractivity (Wildman–Crippen MR) is 83.0 cm³/mol. The van der Waals surface area contributed by atoms with Crippen LogP contribution in [-0.4, -0.2) is 4.90 Å². The van der Waals surface area contributed by atoms with Crippen molar-refractivity contribution in [2.45, 2.75) is 19.6 Å². The van der Waals surface area contributed by atoms with Crippen molar-refractivity contribution in [1.29, 1.82) is 0 Å². The van der Waals surface area contributed by atoms with E-state index in [-0.39, 0.29) is 0 Å². The number of nitrogens with two attached hydrogens (primary N) is 1. The number of anilines is 1. The molecule has 1 aliphatic heterocycles. The first-order chi connectivity index (χ1) is 8.72. The van der Waals surface area contributed by atoms with E-state index in [1.165, 1.54) is 20.3 Å². The Kier molecular flexibility index (Phi) is 3.26. The fourth-order valence-corrected chi connectivity index (χ4v) is 2.84. The van der Waals surface area contributed by atoms with Gasteiger partial charge in [0.1, 0.15) is 0 Å². The molecule has 92 valence electrons. The molecule has 2 nitrogen and oxygen atoms in total. The number of benzene rings is 2. The molecular weight excluding hydrogens is 335 g/mol. The molecule has 3 heteroatoms. The van der Waals surface area contributed by atoms with Crippen LogP contribution in [0.5, 0.6) is 0 Å². The molecule has 2 N–H and O–H groups in total. The average Bonchev–Trinajstić information content (AvgIpc) is 2.76. The third-order valence-corrected chi connectivity index (χ3v) is 4.12. The summed E-state index contributed by atoms with van der Waals surface area (Å²) in [6.07, 6.45) is 0. The molecule has 1 heterocycles. The molecule has 0 saturated heterocycles. The van der Waals surface area contributed by atoms with Gasteiger partial charge >= 0.3 is 0 Å². The third-order valence-electron chi connectivity index (χ3n) is 3.40. The minimum atomic E-state index is 0.928. The largest absolute Gasteiger partial charge is 0.398 e. The number of nitrogens with zero attached hydrogens (tertiary/aromatic N) is 1. The van der Waals surface area contributed by atoms with E-state index < -0.39 is 0 Å². The summed E-state index contributed by atoms with van der Waals surface area (Å²) in [4.78, 5) is 2.43. The lowest BCUT2D eigenvalue weighted by Gasteiger charge is -2.14. The highest BCUT2D eigenvalue weighted by Crippen LogP contribution is 2.28. The molecule has 0 bridgehead atoms. The number of nitrogen functional groups attached to an aromatic ring is 1. The third kappa shape index (κ3) is 2.37. The van der Waals surface area contributed by atoms with E-state index in [2.05, 4.69) is 57.8 Å². The SMILES string of the molecule is Nc1cccc2c1CN(Cc1ccc(I)cc1)C2. The van der Waals surface area contributed by atoms with Gasteiger partial charge in [0.15, 0.2) is 0 Å². The first kappa shape index (κ1) is 12.0. The van der Waals surface area contributed by atoms with Gasteiger partial charge in [-0.05, 0) is 57.5 Å². The van der Waals surface area contributed by atoms with Crippen molar-refractivity contribution in [3.8, 4) is 0 Å². The second-order valence-corrected chi connectivity index (χ2v) is 6.00. The first-order valence-corrected chi connectivity index (χ1v) is 7.13. The van der Waals surface area contributed by atoms with Crippen LogP contribution in [0, 0.1) is 3.57 Å². The molecule has 0 fully saturated rings. The highest BCUT2D eigenvalue weighted by molar-refractivity contribution is 14.1. The zero-order chi connectivity index (χ0) is 12.5. The molecular formula is C15H15IN2. The van der Waals surface area contributed by atoms with Crippen molar-refractivity contribution in [2.75, 3.05) is 5.73 Å². The molecule has 0 aliphatic carbocycles. The van der Waals surface area contributed by atoms with Crippen LogP contribution < -0.4 is 5.73 Å². The minimum Gasteiger partial charge on any atom is -0.398 e. The van der Waals surface area contributed by atoms with Crippen molar-refractivity contribution >= 4 is 28.3 Å². The summed E-state index contributed by atoms with van der Waals surface area (Å²) in [6.45, 7) is 2.96. The summed E-state index contributed by atoms with van der Waals surface area (Å²) in [5.74, 6) is 0. The zero-order valence-electron chi connectivity index (χ0n) is 10.1. The Morgan fingerprint density at radius 3 is 2.56 bits per heavy atom. The normalized spacial score (nSPS) is 14.7. The standard InChI is InChI=1S/C15H15IN2/c16-13-6-4-11(5-7-13)8-18-9-12-2-1-3-15(17)14(12)10-18/h1-7H,8-10,17H2. The maximum absolute atomic E-state index is 6.02. The fraction of sp³-hybridized carbons (Fsp3) is 0.200. The zero-order valence-corrected chi connectivity index (χ0v) is 12.2. The van der Waals surface area contributed by atoms with Crippen LogP contribution in [0.3, 0.4) is 0 Å². The number of hydrogen-bond donors (Lipinski definition) is 1. The average molecular weight is 350 g/mol. The lowest BCUT2D eigenvalue weighted by molar-refractivity contribution is 0.275. The minimum absolute atomic E-state index is 0.928. The summed E-state index contributed by atoms with van der Waals surface area (Å²) in [7, 11) is 0. The van der Waals surface area contributed by atoms with E-state index in [9.17, 15) is 0 Å². The smallest absolute Gasteiger partial charge is 0.0363 e. The van der Waals surface area contributed by atoms with Gasteiger partial charge in [0.25, 0.3) is 0 Å². The van der Waals surface area contributed by atoms with Gasteiger partial charge in [-0.3, -0.25) is 4.90 Å². The molecule has 0 unspecified atom stereocenters. The van der Waals surface area contributed by atoms with Gasteiger partial charge in [-0.1, -0.05) is 24.3 Å². The predicted octanol–water partition coefficient (Wildman–Crippen LogP) is 3.39. The summed E-state index contributed by atoms with van der Waals surface area (Å²) in [5.41, 5.74) is 11.0. The topological polar surface area (TPSA) is 29.3 Å². The van der Waals surface area contributed by atoms with Crippen molar-refractivity contribution in [3.63, 3.8) is 0 Å². The lowest BCUT2D eigenvalue weighted by Crippen LogP contribution is -2.15. The van der Waals surface area contributed by atoms with Crippen molar-refractivity contribution < 1.29 is 0 Å². The van der Waals surface area contributed by atoms with E-state index in [0.717, 1.165) is 25.3 Å². The number of halogens is 1. The van der Waals surface area contributed by atoms with Gasteiger partial charge < -0.3 is 5.73 Å². The molecule has 3 rings (SSSR count). The Bertz CT molecular complexity index is 563. The molecule has 0 radical (unpaired) electrons. The molecule has 2 aromatic carbocycles. The van der Waals surface area contributed by atoms with E-state index in [0.29, 0.717) is 0 Å². The molecule has 0 saturated carbocycles. The maximum atomic E-state index is 6.02. The van der Waals surface area contributed by atoms with Crippen molar-refractivity contribution in [1.82, 2.24) is 4.90 Å². The number of hydrogen-bond acceptors (Lipinski definition) is 2. The highest BCUT2D eigenvalue weighted by Gasteiger charge is 2.20. The van der Waals surface area contributed by atoms with Gasteiger partial charge in [-0.2, -0.15) is 0 Å². The Hall–Kier alpha value is -1.07. The van der Waals surface area contributed by atoms with Gasteiger partial charge in [-0.15, -0.1) is 0 Å². The molecule has 2 aromatic rings. The van der Waals surface area contributed by atoms with Crippen LogP contribution >= 0.6 is 22.6 Å². The van der Waals surface area contributed by atoms with Crippen LogP contribution in [0.25, 0.3) is 0 Å². The number of rotatable bonds is 2. The van der Waals surface area contributed by atoms with Crippen molar-refractivity contribution in [3.05, 3.63) is 62.7 Å². The first-order valence-electron chi connectivity index (χ1n) is 6.05. The van der Waals surface area contributed by atoms with Gasteiger partial charge in [0.2, 0.25) is 0 Å². The molecule has 1 aliphatic rings. The van der Waals surface area contributed by atoms with E-state index in [1.807, 2.05) is 12.1 Å². The van der Waals surface area contributed by atoms with Crippen LogP contribution in [0.4, 0.5) is 5.69 Å². The molecule has 0 atom stereocenters. The summed E-state index contributed by atoms with van der Waals surface area (Å²) in [6, 6.07) is 14.9.